The molecule has 24 heavy (non-hydrogen) atoms. The molecule has 0 bridgehead atoms. The second-order valence-electron chi connectivity index (χ2n) is 5.57. The molecule has 0 aliphatic carbocycles. The van der Waals surface area contributed by atoms with Gasteiger partial charge >= 0.3 is 0 Å². The molecule has 0 saturated carbocycles. The molecule has 5 heteroatoms. The van der Waals surface area contributed by atoms with E-state index in [-0.39, 0.29) is 0 Å². The number of nitrogens with zero attached hydrogens (tertiary/aromatic N) is 3. The van der Waals surface area contributed by atoms with Crippen molar-refractivity contribution in [2.45, 2.75) is 20.4 Å². The summed E-state index contributed by atoms with van der Waals surface area (Å²) in [5.74, 6) is 1.42. The predicted octanol–water partition coefficient (Wildman–Crippen LogP) is 3.89. The van der Waals surface area contributed by atoms with Gasteiger partial charge in [-0.1, -0.05) is 29.8 Å². The third-order valence-corrected chi connectivity index (χ3v) is 3.59. The fourth-order valence-electron chi connectivity index (χ4n) is 2.46. The van der Waals surface area contributed by atoms with Crippen LogP contribution in [0.4, 0.5) is 11.8 Å². The van der Waals surface area contributed by atoms with Crippen LogP contribution in [0.1, 0.15) is 18.1 Å². The lowest BCUT2D eigenvalue weighted by Crippen LogP contribution is -2.07. The molecule has 0 saturated heterocycles. The van der Waals surface area contributed by atoms with Crippen LogP contribution in [0.5, 0.6) is 0 Å². The average molecular weight is 319 g/mol. The van der Waals surface area contributed by atoms with Gasteiger partial charge in [0.25, 0.3) is 0 Å². The predicted molar refractivity (Wildman–Crippen MR) is 97.9 cm³/mol. The van der Waals surface area contributed by atoms with E-state index < -0.39 is 0 Å². The van der Waals surface area contributed by atoms with Crippen molar-refractivity contribution in [2.75, 3.05) is 17.2 Å². The molecule has 0 radical (unpaired) electrons. The van der Waals surface area contributed by atoms with Gasteiger partial charge < -0.3 is 10.6 Å². The van der Waals surface area contributed by atoms with Crippen LogP contribution in [0.3, 0.4) is 0 Å². The quantitative estimate of drug-likeness (QED) is 0.721. The van der Waals surface area contributed by atoms with Crippen molar-refractivity contribution in [3.05, 3.63) is 66.0 Å². The fourth-order valence-corrected chi connectivity index (χ4v) is 2.46. The van der Waals surface area contributed by atoms with Crippen molar-refractivity contribution in [2.24, 2.45) is 0 Å². The number of pyridine rings is 1. The number of hydrogen-bond acceptors (Lipinski definition) is 5. The molecule has 3 aromatic rings. The smallest absolute Gasteiger partial charge is 0.225 e. The molecular weight excluding hydrogens is 298 g/mol. The van der Waals surface area contributed by atoms with Crippen molar-refractivity contribution in [1.29, 1.82) is 0 Å². The van der Waals surface area contributed by atoms with Gasteiger partial charge in [0.2, 0.25) is 5.95 Å². The molecular formula is C19H21N5. The number of benzene rings is 1. The summed E-state index contributed by atoms with van der Waals surface area (Å²) >= 11 is 0. The number of rotatable bonds is 6. The second-order valence-corrected chi connectivity index (χ2v) is 5.57. The van der Waals surface area contributed by atoms with E-state index in [1.54, 1.807) is 12.4 Å². The Morgan fingerprint density at radius 2 is 1.79 bits per heavy atom. The summed E-state index contributed by atoms with van der Waals surface area (Å²) in [4.78, 5) is 13.2. The van der Waals surface area contributed by atoms with Crippen LogP contribution in [0.15, 0.2) is 54.9 Å². The Bertz CT molecular complexity index is 802. The maximum absolute atomic E-state index is 4.57. The first-order valence-electron chi connectivity index (χ1n) is 8.07. The van der Waals surface area contributed by atoms with Crippen molar-refractivity contribution >= 4 is 11.8 Å². The van der Waals surface area contributed by atoms with E-state index in [9.17, 15) is 0 Å². The first kappa shape index (κ1) is 15.9. The van der Waals surface area contributed by atoms with Crippen molar-refractivity contribution in [1.82, 2.24) is 15.0 Å². The van der Waals surface area contributed by atoms with E-state index in [4.69, 9.17) is 0 Å². The van der Waals surface area contributed by atoms with E-state index in [0.29, 0.717) is 5.95 Å². The van der Waals surface area contributed by atoms with Gasteiger partial charge in [-0.3, -0.25) is 4.98 Å². The number of aryl methyl sites for hydroxylation is 1. The molecule has 0 aliphatic rings. The van der Waals surface area contributed by atoms with Crippen LogP contribution in [-0.4, -0.2) is 21.5 Å². The minimum atomic E-state index is 0.624. The zero-order valence-corrected chi connectivity index (χ0v) is 14.0. The van der Waals surface area contributed by atoms with Gasteiger partial charge in [0.1, 0.15) is 5.82 Å². The van der Waals surface area contributed by atoms with Gasteiger partial charge in [-0.2, -0.15) is 4.98 Å². The number of hydrogen-bond donors (Lipinski definition) is 2. The molecule has 0 aliphatic heterocycles. The van der Waals surface area contributed by atoms with Gasteiger partial charge in [-0.25, -0.2) is 4.98 Å². The van der Waals surface area contributed by atoms with Crippen LogP contribution in [0.25, 0.3) is 11.3 Å². The zero-order chi connectivity index (χ0) is 16.8. The average Bonchev–Trinajstić information content (AvgIpc) is 2.61. The minimum Gasteiger partial charge on any atom is -0.366 e. The van der Waals surface area contributed by atoms with Crippen LogP contribution < -0.4 is 10.6 Å². The Labute approximate surface area is 142 Å². The van der Waals surface area contributed by atoms with Gasteiger partial charge in [0, 0.05) is 37.1 Å². The van der Waals surface area contributed by atoms with Gasteiger partial charge in [-0.05, 0) is 31.5 Å². The Kier molecular flexibility index (Phi) is 5.01. The first-order valence-corrected chi connectivity index (χ1v) is 8.07. The van der Waals surface area contributed by atoms with Crippen LogP contribution in [0.2, 0.25) is 0 Å². The van der Waals surface area contributed by atoms with Gasteiger partial charge in [0.05, 0.1) is 5.69 Å². The zero-order valence-electron chi connectivity index (χ0n) is 14.0. The molecule has 0 atom stereocenters. The maximum atomic E-state index is 4.57. The van der Waals surface area contributed by atoms with Crippen LogP contribution >= 0.6 is 0 Å². The SMILES string of the molecule is CCNc1nc(NCc2cccc(C)c2)cc(-c2ccncc2)n1. The first-order chi connectivity index (χ1) is 11.7. The Morgan fingerprint density at radius 3 is 2.54 bits per heavy atom. The summed E-state index contributed by atoms with van der Waals surface area (Å²) in [6.45, 7) is 5.62. The highest BCUT2D eigenvalue weighted by atomic mass is 15.1. The normalized spacial score (nSPS) is 10.4. The third-order valence-electron chi connectivity index (χ3n) is 3.59. The molecule has 0 amide bonds. The molecule has 2 N–H and O–H groups in total. The Hall–Kier alpha value is -2.95. The van der Waals surface area contributed by atoms with Crippen molar-refractivity contribution < 1.29 is 0 Å². The van der Waals surface area contributed by atoms with Gasteiger partial charge in [-0.15, -0.1) is 0 Å². The highest BCUT2D eigenvalue weighted by molar-refractivity contribution is 5.63. The standard InChI is InChI=1S/C19H21N5/c1-3-21-19-23-17(16-7-9-20-10-8-16)12-18(24-19)22-13-15-6-4-5-14(2)11-15/h4-12H,3,13H2,1-2H3,(H2,21,22,23,24). The topological polar surface area (TPSA) is 62.7 Å². The summed E-state index contributed by atoms with van der Waals surface area (Å²) in [7, 11) is 0. The summed E-state index contributed by atoms with van der Waals surface area (Å²) in [6, 6.07) is 14.3. The fraction of sp³-hybridized carbons (Fsp3) is 0.211. The summed E-state index contributed by atoms with van der Waals surface area (Å²) in [5, 5.41) is 6.58. The molecule has 0 fully saturated rings. The highest BCUT2D eigenvalue weighted by Gasteiger charge is 2.06. The van der Waals surface area contributed by atoms with Crippen molar-refractivity contribution in [3.63, 3.8) is 0 Å². The number of anilines is 2. The number of nitrogens with one attached hydrogen (secondary N) is 2. The second kappa shape index (κ2) is 7.55. The maximum Gasteiger partial charge on any atom is 0.225 e. The molecule has 0 unspecified atom stereocenters. The summed E-state index contributed by atoms with van der Waals surface area (Å²) in [6.07, 6.45) is 3.54. The third kappa shape index (κ3) is 4.07. The van der Waals surface area contributed by atoms with E-state index in [1.165, 1.54) is 11.1 Å². The Balaban J connectivity index is 1.85. The molecule has 2 aromatic heterocycles. The molecule has 3 rings (SSSR count). The van der Waals surface area contributed by atoms with Crippen LogP contribution in [-0.2, 0) is 6.54 Å². The van der Waals surface area contributed by atoms with Crippen LogP contribution in [0, 0.1) is 6.92 Å². The summed E-state index contributed by atoms with van der Waals surface area (Å²) in [5.41, 5.74) is 4.37. The molecule has 5 nitrogen and oxygen atoms in total. The molecule has 0 spiro atoms. The monoisotopic (exact) mass is 319 g/mol. The van der Waals surface area contributed by atoms with E-state index in [2.05, 4.69) is 56.8 Å². The minimum absolute atomic E-state index is 0.624. The lowest BCUT2D eigenvalue weighted by molar-refractivity contribution is 1.05. The Morgan fingerprint density at radius 1 is 0.958 bits per heavy atom. The number of aromatic nitrogens is 3. The molecule has 1 aromatic carbocycles. The van der Waals surface area contributed by atoms with E-state index >= 15 is 0 Å². The van der Waals surface area contributed by atoms with E-state index in [0.717, 1.165) is 30.2 Å². The lowest BCUT2D eigenvalue weighted by atomic mass is 10.1. The lowest BCUT2D eigenvalue weighted by Gasteiger charge is -2.11. The van der Waals surface area contributed by atoms with Crippen molar-refractivity contribution in [3.8, 4) is 11.3 Å². The molecule has 122 valence electrons. The van der Waals surface area contributed by atoms with Gasteiger partial charge in [0.15, 0.2) is 0 Å². The highest BCUT2D eigenvalue weighted by Crippen LogP contribution is 2.21. The summed E-state index contributed by atoms with van der Waals surface area (Å²) < 4.78 is 0. The molecule has 2 heterocycles. The van der Waals surface area contributed by atoms with E-state index in [1.807, 2.05) is 25.1 Å². The largest absolute Gasteiger partial charge is 0.366 e.